The first-order chi connectivity index (χ1) is 9.35. The first-order valence-corrected chi connectivity index (χ1v) is 5.83. The normalized spacial score (nSPS) is 11.6. The highest BCUT2D eigenvalue weighted by Crippen LogP contribution is 2.22. The Hall–Kier alpha value is -2.48. The lowest BCUT2D eigenvalue weighted by molar-refractivity contribution is -0.385. The van der Waals surface area contributed by atoms with Crippen molar-refractivity contribution in [2.24, 2.45) is 0 Å². The van der Waals surface area contributed by atoms with E-state index >= 15 is 0 Å². The van der Waals surface area contributed by atoms with Gasteiger partial charge in [0.1, 0.15) is 0 Å². The molecule has 0 saturated carbocycles. The molecule has 1 rings (SSSR count). The SMILES string of the molecule is Cc1ccc(NC(=O)C(=O)N[C@H](C)CO)cc1[N+](=O)[O-]. The summed E-state index contributed by atoms with van der Waals surface area (Å²) >= 11 is 0. The summed E-state index contributed by atoms with van der Waals surface area (Å²) in [5.41, 5.74) is 0.456. The second-order valence-corrected chi connectivity index (χ2v) is 4.27. The molecule has 0 aliphatic rings. The van der Waals surface area contributed by atoms with Gasteiger partial charge in [0, 0.05) is 23.4 Å². The van der Waals surface area contributed by atoms with E-state index in [4.69, 9.17) is 5.11 Å². The minimum Gasteiger partial charge on any atom is -0.394 e. The Morgan fingerprint density at radius 3 is 2.60 bits per heavy atom. The molecule has 0 spiro atoms. The molecule has 0 aliphatic heterocycles. The number of anilines is 1. The summed E-state index contributed by atoms with van der Waals surface area (Å²) < 4.78 is 0. The van der Waals surface area contributed by atoms with Crippen molar-refractivity contribution in [3.63, 3.8) is 0 Å². The van der Waals surface area contributed by atoms with E-state index in [1.807, 2.05) is 0 Å². The van der Waals surface area contributed by atoms with Crippen LogP contribution in [0.5, 0.6) is 0 Å². The number of rotatable bonds is 4. The molecule has 3 N–H and O–H groups in total. The van der Waals surface area contributed by atoms with Gasteiger partial charge in [-0.25, -0.2) is 0 Å². The number of hydrogen-bond acceptors (Lipinski definition) is 5. The van der Waals surface area contributed by atoms with Crippen molar-refractivity contribution in [3.05, 3.63) is 33.9 Å². The van der Waals surface area contributed by atoms with E-state index < -0.39 is 22.8 Å². The first kappa shape index (κ1) is 15.6. The Labute approximate surface area is 114 Å². The lowest BCUT2D eigenvalue weighted by Crippen LogP contribution is -2.42. The maximum absolute atomic E-state index is 11.6. The molecule has 0 aromatic heterocycles. The maximum atomic E-state index is 11.6. The summed E-state index contributed by atoms with van der Waals surface area (Å²) in [7, 11) is 0. The quantitative estimate of drug-likeness (QED) is 0.417. The molecule has 2 amide bonds. The van der Waals surface area contributed by atoms with Gasteiger partial charge in [0.2, 0.25) is 0 Å². The van der Waals surface area contributed by atoms with Crippen LogP contribution in [0.3, 0.4) is 0 Å². The number of aliphatic hydroxyl groups is 1. The van der Waals surface area contributed by atoms with Crippen molar-refractivity contribution >= 4 is 23.2 Å². The highest BCUT2D eigenvalue weighted by Gasteiger charge is 2.17. The number of hydrogen-bond donors (Lipinski definition) is 3. The second-order valence-electron chi connectivity index (χ2n) is 4.27. The van der Waals surface area contributed by atoms with Crippen molar-refractivity contribution in [3.8, 4) is 0 Å². The number of aliphatic hydroxyl groups excluding tert-OH is 1. The van der Waals surface area contributed by atoms with Crippen LogP contribution in [0, 0.1) is 17.0 Å². The van der Waals surface area contributed by atoms with Crippen LogP contribution in [0.15, 0.2) is 18.2 Å². The van der Waals surface area contributed by atoms with Crippen LogP contribution < -0.4 is 10.6 Å². The highest BCUT2D eigenvalue weighted by atomic mass is 16.6. The molecule has 20 heavy (non-hydrogen) atoms. The van der Waals surface area contributed by atoms with Crippen LogP contribution in [0.2, 0.25) is 0 Å². The van der Waals surface area contributed by atoms with Crippen molar-refractivity contribution in [2.45, 2.75) is 19.9 Å². The zero-order valence-corrected chi connectivity index (χ0v) is 11.0. The minimum absolute atomic E-state index is 0.146. The molecule has 0 unspecified atom stereocenters. The predicted molar refractivity (Wildman–Crippen MR) is 71.2 cm³/mol. The molecule has 108 valence electrons. The van der Waals surface area contributed by atoms with E-state index in [0.717, 1.165) is 0 Å². The number of nitrogens with zero attached hydrogens (tertiary/aromatic N) is 1. The van der Waals surface area contributed by atoms with Crippen molar-refractivity contribution in [2.75, 3.05) is 11.9 Å². The Morgan fingerprint density at radius 2 is 2.05 bits per heavy atom. The predicted octanol–water partition coefficient (Wildman–Crippen LogP) is 0.339. The molecule has 0 radical (unpaired) electrons. The van der Waals surface area contributed by atoms with Crippen LogP contribution in [0.4, 0.5) is 11.4 Å². The van der Waals surface area contributed by atoms with E-state index in [2.05, 4.69) is 10.6 Å². The molecule has 8 heteroatoms. The van der Waals surface area contributed by atoms with E-state index in [0.29, 0.717) is 5.56 Å². The average Bonchev–Trinajstić information content (AvgIpc) is 2.40. The Morgan fingerprint density at radius 1 is 1.40 bits per heavy atom. The van der Waals surface area contributed by atoms with E-state index in [9.17, 15) is 19.7 Å². The average molecular weight is 281 g/mol. The van der Waals surface area contributed by atoms with E-state index in [1.54, 1.807) is 6.92 Å². The number of nitrogens with one attached hydrogen (secondary N) is 2. The van der Waals surface area contributed by atoms with Gasteiger partial charge in [-0.05, 0) is 19.9 Å². The maximum Gasteiger partial charge on any atom is 0.313 e. The fourth-order valence-electron chi connectivity index (χ4n) is 1.41. The van der Waals surface area contributed by atoms with Crippen molar-refractivity contribution in [1.29, 1.82) is 0 Å². The Kier molecular flexibility index (Phi) is 5.15. The zero-order valence-electron chi connectivity index (χ0n) is 11.0. The van der Waals surface area contributed by atoms with Gasteiger partial charge in [-0.3, -0.25) is 19.7 Å². The van der Waals surface area contributed by atoms with Gasteiger partial charge in [0.05, 0.1) is 11.5 Å². The Balaban J connectivity index is 2.78. The summed E-state index contributed by atoms with van der Waals surface area (Å²) in [4.78, 5) is 33.2. The lowest BCUT2D eigenvalue weighted by atomic mass is 10.2. The Bertz CT molecular complexity index is 544. The summed E-state index contributed by atoms with van der Waals surface area (Å²) in [5, 5.41) is 24.0. The van der Waals surface area contributed by atoms with Crippen LogP contribution in [0.25, 0.3) is 0 Å². The van der Waals surface area contributed by atoms with Gasteiger partial charge in [-0.2, -0.15) is 0 Å². The highest BCUT2D eigenvalue weighted by molar-refractivity contribution is 6.39. The van der Waals surface area contributed by atoms with Crippen LogP contribution in [-0.2, 0) is 9.59 Å². The molecule has 1 atom stereocenters. The van der Waals surface area contributed by atoms with Gasteiger partial charge in [0.25, 0.3) is 5.69 Å². The molecule has 0 aliphatic carbocycles. The molecular weight excluding hydrogens is 266 g/mol. The monoisotopic (exact) mass is 281 g/mol. The third-order valence-corrected chi connectivity index (χ3v) is 2.52. The number of carbonyl (C=O) groups is 2. The molecular formula is C12H15N3O5. The molecule has 0 fully saturated rings. The number of benzene rings is 1. The van der Waals surface area contributed by atoms with Gasteiger partial charge in [0.15, 0.2) is 0 Å². The molecule has 8 nitrogen and oxygen atoms in total. The number of nitro benzene ring substituents is 1. The van der Waals surface area contributed by atoms with Crippen molar-refractivity contribution in [1.82, 2.24) is 5.32 Å². The summed E-state index contributed by atoms with van der Waals surface area (Å²) in [5.74, 6) is -1.88. The number of amides is 2. The van der Waals surface area contributed by atoms with Gasteiger partial charge in [-0.1, -0.05) is 6.07 Å². The number of carbonyl (C=O) groups excluding carboxylic acids is 2. The van der Waals surface area contributed by atoms with Crippen molar-refractivity contribution < 1.29 is 19.6 Å². The molecule has 0 heterocycles. The number of nitro groups is 1. The van der Waals surface area contributed by atoms with Crippen LogP contribution in [0.1, 0.15) is 12.5 Å². The lowest BCUT2D eigenvalue weighted by Gasteiger charge is -2.10. The summed E-state index contributed by atoms with van der Waals surface area (Å²) in [6, 6.07) is 3.56. The zero-order chi connectivity index (χ0) is 15.3. The molecule has 1 aromatic carbocycles. The largest absolute Gasteiger partial charge is 0.394 e. The first-order valence-electron chi connectivity index (χ1n) is 5.83. The second kappa shape index (κ2) is 6.62. The van der Waals surface area contributed by atoms with E-state index in [1.165, 1.54) is 25.1 Å². The van der Waals surface area contributed by atoms with E-state index in [-0.39, 0.29) is 18.0 Å². The van der Waals surface area contributed by atoms with Crippen LogP contribution in [-0.4, -0.2) is 34.5 Å². The summed E-state index contributed by atoms with van der Waals surface area (Å²) in [6.07, 6.45) is 0. The molecule has 1 aromatic rings. The number of aryl methyl sites for hydroxylation is 1. The smallest absolute Gasteiger partial charge is 0.313 e. The van der Waals surface area contributed by atoms with Gasteiger partial charge in [-0.15, -0.1) is 0 Å². The third-order valence-electron chi connectivity index (χ3n) is 2.52. The fraction of sp³-hybridized carbons (Fsp3) is 0.333. The standard InChI is InChI=1S/C12H15N3O5/c1-7-3-4-9(5-10(7)15(19)20)14-12(18)11(17)13-8(2)6-16/h3-5,8,16H,6H2,1-2H3,(H,13,17)(H,14,18)/t8-/m1/s1. The third kappa shape index (κ3) is 4.02. The van der Waals surface area contributed by atoms with Crippen LogP contribution >= 0.6 is 0 Å². The molecule has 0 saturated heterocycles. The van der Waals surface area contributed by atoms with Gasteiger partial charge < -0.3 is 15.7 Å². The minimum atomic E-state index is -0.955. The van der Waals surface area contributed by atoms with Gasteiger partial charge >= 0.3 is 11.8 Å². The molecule has 0 bridgehead atoms. The topological polar surface area (TPSA) is 122 Å². The fourth-order valence-corrected chi connectivity index (χ4v) is 1.41. The summed E-state index contributed by atoms with van der Waals surface area (Å²) in [6.45, 7) is 2.80.